The molecule has 0 heterocycles. The summed E-state index contributed by atoms with van der Waals surface area (Å²) in [5.41, 5.74) is 0. The lowest BCUT2D eigenvalue weighted by Crippen LogP contribution is -2.14. The van der Waals surface area contributed by atoms with Crippen LogP contribution in [0.5, 0.6) is 5.75 Å². The van der Waals surface area contributed by atoms with Gasteiger partial charge >= 0.3 is 10.1 Å². The van der Waals surface area contributed by atoms with E-state index in [4.69, 9.17) is 23.2 Å². The van der Waals surface area contributed by atoms with Crippen molar-refractivity contribution < 1.29 is 34.6 Å². The summed E-state index contributed by atoms with van der Waals surface area (Å²) in [5, 5.41) is -0.311. The minimum absolute atomic E-state index is 0.155. The molecule has 0 atom stereocenters. The first kappa shape index (κ1) is 17.8. The minimum atomic E-state index is -4.95. The number of rotatable bonds is 3. The van der Waals surface area contributed by atoms with Gasteiger partial charge in [-0.15, -0.1) is 0 Å². The van der Waals surface area contributed by atoms with Crippen LogP contribution in [-0.2, 0) is 10.1 Å². The highest BCUT2D eigenvalue weighted by Crippen LogP contribution is 2.32. The van der Waals surface area contributed by atoms with Crippen LogP contribution in [0.3, 0.4) is 0 Å². The molecule has 2 rings (SSSR count). The number of hydrogen-bond acceptors (Lipinski definition) is 3. The molecule has 0 aliphatic carbocycles. The van der Waals surface area contributed by atoms with Crippen LogP contribution in [0.25, 0.3) is 0 Å². The van der Waals surface area contributed by atoms with Crippen LogP contribution >= 0.6 is 23.2 Å². The Bertz CT molecular complexity index is 853. The molecule has 0 fully saturated rings. The predicted molar refractivity (Wildman–Crippen MR) is 70.5 cm³/mol. The van der Waals surface area contributed by atoms with E-state index in [9.17, 15) is 30.4 Å². The van der Waals surface area contributed by atoms with Gasteiger partial charge < -0.3 is 4.18 Å². The standard InChI is InChI=1S/C12H3Cl2F5O3S/c13-4-1-5(14)3-6(2-4)23(20,21)22-12-10(18)8(16)7(15)9(17)11(12)19/h1-3H. The van der Waals surface area contributed by atoms with E-state index in [1.54, 1.807) is 0 Å². The normalized spacial score (nSPS) is 11.6. The first-order valence-electron chi connectivity index (χ1n) is 5.46. The molecular formula is C12H3Cl2F5O3S. The zero-order chi connectivity index (χ0) is 17.5. The van der Waals surface area contributed by atoms with Crippen LogP contribution in [0, 0.1) is 29.1 Å². The van der Waals surface area contributed by atoms with E-state index in [-0.39, 0.29) is 10.0 Å². The largest absolute Gasteiger partial charge is 0.372 e. The summed E-state index contributed by atoms with van der Waals surface area (Å²) in [6, 6.07) is 2.78. The second-order valence-electron chi connectivity index (χ2n) is 4.04. The minimum Gasteiger partial charge on any atom is -0.372 e. The second-order valence-corrected chi connectivity index (χ2v) is 6.46. The first-order chi connectivity index (χ1) is 10.5. The summed E-state index contributed by atoms with van der Waals surface area (Å²) in [7, 11) is -4.95. The van der Waals surface area contributed by atoms with Crippen molar-refractivity contribution in [1.82, 2.24) is 0 Å². The van der Waals surface area contributed by atoms with E-state index in [0.29, 0.717) is 0 Å². The van der Waals surface area contributed by atoms with E-state index >= 15 is 0 Å². The Morgan fingerprint density at radius 1 is 0.739 bits per heavy atom. The molecule has 124 valence electrons. The summed E-state index contributed by atoms with van der Waals surface area (Å²) in [5.74, 6) is -14.0. The lowest BCUT2D eigenvalue weighted by molar-refractivity contribution is 0.346. The molecule has 0 aliphatic heterocycles. The van der Waals surface area contributed by atoms with E-state index in [1.165, 1.54) is 0 Å². The number of benzene rings is 2. The average Bonchev–Trinajstić information content (AvgIpc) is 2.47. The Kier molecular flexibility index (Phi) is 4.74. The fourth-order valence-electron chi connectivity index (χ4n) is 1.49. The predicted octanol–water partition coefficient (Wildman–Crippen LogP) is 4.46. The Hall–Kier alpha value is -1.58. The number of hydrogen-bond donors (Lipinski definition) is 0. The van der Waals surface area contributed by atoms with Gasteiger partial charge in [0.25, 0.3) is 0 Å². The molecule has 11 heteroatoms. The highest BCUT2D eigenvalue weighted by Gasteiger charge is 2.31. The van der Waals surface area contributed by atoms with Crippen molar-refractivity contribution in [1.29, 1.82) is 0 Å². The van der Waals surface area contributed by atoms with Crippen molar-refractivity contribution in [2.75, 3.05) is 0 Å². The maximum absolute atomic E-state index is 13.4. The summed E-state index contributed by atoms with van der Waals surface area (Å²) < 4.78 is 93.7. The summed E-state index contributed by atoms with van der Waals surface area (Å²) in [6.45, 7) is 0. The quantitative estimate of drug-likeness (QED) is 0.335. The molecule has 0 aromatic heterocycles. The molecule has 0 unspecified atom stereocenters. The third-order valence-electron chi connectivity index (χ3n) is 2.49. The molecule has 0 saturated carbocycles. The van der Waals surface area contributed by atoms with E-state index < -0.39 is 49.8 Å². The van der Waals surface area contributed by atoms with Gasteiger partial charge in [-0.25, -0.2) is 13.2 Å². The van der Waals surface area contributed by atoms with Crippen LogP contribution in [0.4, 0.5) is 22.0 Å². The molecule has 0 radical (unpaired) electrons. The van der Waals surface area contributed by atoms with Crippen LogP contribution in [0.2, 0.25) is 10.0 Å². The van der Waals surface area contributed by atoms with Crippen molar-refractivity contribution in [2.45, 2.75) is 4.90 Å². The van der Waals surface area contributed by atoms with Crippen molar-refractivity contribution in [3.8, 4) is 5.75 Å². The molecule has 2 aromatic rings. The first-order valence-corrected chi connectivity index (χ1v) is 7.63. The fraction of sp³-hybridized carbons (Fsp3) is 0. The third kappa shape index (κ3) is 3.36. The maximum Gasteiger partial charge on any atom is 0.339 e. The topological polar surface area (TPSA) is 43.4 Å². The van der Waals surface area contributed by atoms with Gasteiger partial charge in [-0.1, -0.05) is 23.2 Å². The smallest absolute Gasteiger partial charge is 0.339 e. The van der Waals surface area contributed by atoms with Crippen LogP contribution < -0.4 is 4.18 Å². The van der Waals surface area contributed by atoms with Crippen LogP contribution in [0.15, 0.2) is 23.1 Å². The molecule has 3 nitrogen and oxygen atoms in total. The van der Waals surface area contributed by atoms with Crippen LogP contribution in [0.1, 0.15) is 0 Å². The van der Waals surface area contributed by atoms with Gasteiger partial charge in [-0.05, 0) is 18.2 Å². The van der Waals surface area contributed by atoms with Crippen molar-refractivity contribution in [3.63, 3.8) is 0 Å². The maximum atomic E-state index is 13.4. The summed E-state index contributed by atoms with van der Waals surface area (Å²) >= 11 is 11.1. The molecule has 0 N–H and O–H groups in total. The van der Waals surface area contributed by atoms with Crippen LogP contribution in [-0.4, -0.2) is 8.42 Å². The Balaban J connectivity index is 2.58. The van der Waals surface area contributed by atoms with E-state index in [0.717, 1.165) is 18.2 Å². The van der Waals surface area contributed by atoms with E-state index in [2.05, 4.69) is 4.18 Å². The van der Waals surface area contributed by atoms with E-state index in [1.807, 2.05) is 0 Å². The van der Waals surface area contributed by atoms with Gasteiger partial charge in [-0.2, -0.15) is 17.2 Å². The Morgan fingerprint density at radius 2 is 1.13 bits per heavy atom. The van der Waals surface area contributed by atoms with Crippen molar-refractivity contribution in [3.05, 3.63) is 57.3 Å². The average molecular weight is 393 g/mol. The van der Waals surface area contributed by atoms with Gasteiger partial charge in [0.05, 0.1) is 0 Å². The number of halogens is 7. The summed E-state index contributed by atoms with van der Waals surface area (Å²) in [4.78, 5) is -0.737. The third-order valence-corrected chi connectivity index (χ3v) is 4.12. The lowest BCUT2D eigenvalue weighted by atomic mass is 10.3. The molecule has 0 amide bonds. The molecule has 0 aliphatic rings. The highest BCUT2D eigenvalue weighted by atomic mass is 35.5. The molecule has 23 heavy (non-hydrogen) atoms. The van der Waals surface area contributed by atoms with Gasteiger partial charge in [0.15, 0.2) is 0 Å². The molecule has 0 spiro atoms. The Morgan fingerprint density at radius 3 is 1.57 bits per heavy atom. The second kappa shape index (κ2) is 6.14. The van der Waals surface area contributed by atoms with Gasteiger partial charge in [0, 0.05) is 10.0 Å². The fourth-order valence-corrected chi connectivity index (χ4v) is 3.15. The molecule has 2 aromatic carbocycles. The molecule has 0 bridgehead atoms. The SMILES string of the molecule is O=S(=O)(Oc1c(F)c(F)c(F)c(F)c1F)c1cc(Cl)cc(Cl)c1. The van der Waals surface area contributed by atoms with Crippen molar-refractivity contribution in [2.24, 2.45) is 0 Å². The van der Waals surface area contributed by atoms with Crippen molar-refractivity contribution >= 4 is 33.3 Å². The molecular weight excluding hydrogens is 390 g/mol. The van der Waals surface area contributed by atoms with Gasteiger partial charge in [0.1, 0.15) is 4.90 Å². The zero-order valence-corrected chi connectivity index (χ0v) is 12.8. The summed E-state index contributed by atoms with van der Waals surface area (Å²) in [6.07, 6.45) is 0. The lowest BCUT2D eigenvalue weighted by Gasteiger charge is -2.10. The monoisotopic (exact) mass is 392 g/mol. The zero-order valence-electron chi connectivity index (χ0n) is 10.5. The Labute approximate surface area is 136 Å². The molecule has 0 saturated heterocycles. The van der Waals surface area contributed by atoms with Gasteiger partial charge in [0.2, 0.25) is 34.8 Å². The highest BCUT2D eigenvalue weighted by molar-refractivity contribution is 7.87. The van der Waals surface area contributed by atoms with Gasteiger partial charge in [-0.3, -0.25) is 0 Å².